The van der Waals surface area contributed by atoms with Crippen LogP contribution in [0.1, 0.15) is 19.8 Å². The lowest BCUT2D eigenvalue weighted by Crippen LogP contribution is -2.30. The van der Waals surface area contributed by atoms with Gasteiger partial charge >= 0.3 is 0 Å². The molecule has 1 fully saturated rings. The first-order valence-electron chi connectivity index (χ1n) is 6.14. The largest absolute Gasteiger partial charge is 0.397 e. The highest BCUT2D eigenvalue weighted by Gasteiger charge is 2.23. The van der Waals surface area contributed by atoms with Crippen LogP contribution in [-0.4, -0.2) is 29.1 Å². The summed E-state index contributed by atoms with van der Waals surface area (Å²) in [4.78, 5) is 0. The van der Waals surface area contributed by atoms with Gasteiger partial charge in [0.15, 0.2) is 11.0 Å². The Morgan fingerprint density at radius 3 is 3.00 bits per heavy atom. The highest BCUT2D eigenvalue weighted by molar-refractivity contribution is 5.95. The minimum atomic E-state index is 0.219. The van der Waals surface area contributed by atoms with Crippen molar-refractivity contribution >= 4 is 22.4 Å². The van der Waals surface area contributed by atoms with Crippen molar-refractivity contribution in [2.45, 2.75) is 31.9 Å². The Balaban J connectivity index is 1.86. The molecular weight excluding hydrogens is 232 g/mol. The van der Waals surface area contributed by atoms with Crippen LogP contribution in [0.4, 0.5) is 11.4 Å². The molecule has 6 heteroatoms. The smallest absolute Gasteiger partial charge is 0.160 e. The molecule has 1 saturated heterocycles. The molecule has 1 aliphatic heterocycles. The molecular formula is C12H16N4O2. The number of hydrogen-bond donors (Lipinski definition) is 2. The summed E-state index contributed by atoms with van der Waals surface area (Å²) in [5, 5.41) is 11.1. The minimum Gasteiger partial charge on any atom is -0.397 e. The van der Waals surface area contributed by atoms with Crippen molar-refractivity contribution < 1.29 is 9.37 Å². The van der Waals surface area contributed by atoms with E-state index in [-0.39, 0.29) is 12.1 Å². The number of rotatable bonds is 3. The Morgan fingerprint density at radius 2 is 2.22 bits per heavy atom. The van der Waals surface area contributed by atoms with E-state index in [1.54, 1.807) is 6.07 Å². The van der Waals surface area contributed by atoms with E-state index in [9.17, 15) is 0 Å². The molecule has 0 spiro atoms. The van der Waals surface area contributed by atoms with E-state index in [1.165, 1.54) is 0 Å². The number of nitrogens with one attached hydrogen (secondary N) is 1. The predicted octanol–water partition coefficient (Wildman–Crippen LogP) is 1.78. The van der Waals surface area contributed by atoms with Crippen LogP contribution in [0, 0.1) is 0 Å². The van der Waals surface area contributed by atoms with Crippen LogP contribution in [0.2, 0.25) is 0 Å². The first-order valence-corrected chi connectivity index (χ1v) is 6.14. The van der Waals surface area contributed by atoms with E-state index in [4.69, 9.17) is 15.1 Å². The summed E-state index contributed by atoms with van der Waals surface area (Å²) in [6, 6.07) is 3.92. The SMILES string of the molecule is CC(Nc1ccc(N)c2nonc12)C1CCCO1. The van der Waals surface area contributed by atoms with Crippen LogP contribution < -0.4 is 11.1 Å². The molecule has 3 rings (SSSR count). The highest BCUT2D eigenvalue weighted by atomic mass is 16.6. The monoisotopic (exact) mass is 248 g/mol. The molecule has 0 amide bonds. The summed E-state index contributed by atoms with van der Waals surface area (Å²) in [6.07, 6.45) is 2.46. The van der Waals surface area contributed by atoms with Gasteiger partial charge in [0, 0.05) is 12.6 Å². The fraction of sp³-hybridized carbons (Fsp3) is 0.500. The molecule has 18 heavy (non-hydrogen) atoms. The van der Waals surface area contributed by atoms with Crippen molar-refractivity contribution in [3.8, 4) is 0 Å². The topological polar surface area (TPSA) is 86.2 Å². The number of nitrogens with zero attached hydrogens (tertiary/aromatic N) is 2. The molecule has 2 aromatic rings. The van der Waals surface area contributed by atoms with Crippen molar-refractivity contribution in [1.29, 1.82) is 0 Å². The van der Waals surface area contributed by atoms with Crippen LogP contribution in [0.5, 0.6) is 0 Å². The van der Waals surface area contributed by atoms with Crippen molar-refractivity contribution in [3.05, 3.63) is 12.1 Å². The third kappa shape index (κ3) is 1.88. The van der Waals surface area contributed by atoms with E-state index in [2.05, 4.69) is 22.6 Å². The highest BCUT2D eigenvalue weighted by Crippen LogP contribution is 2.27. The van der Waals surface area contributed by atoms with Crippen LogP contribution in [0.15, 0.2) is 16.8 Å². The molecule has 0 saturated carbocycles. The molecule has 2 atom stereocenters. The van der Waals surface area contributed by atoms with Crippen molar-refractivity contribution in [2.75, 3.05) is 17.7 Å². The number of ether oxygens (including phenoxy) is 1. The van der Waals surface area contributed by atoms with Crippen LogP contribution >= 0.6 is 0 Å². The average molecular weight is 248 g/mol. The zero-order chi connectivity index (χ0) is 12.5. The third-order valence-electron chi connectivity index (χ3n) is 3.35. The fourth-order valence-electron chi connectivity index (χ4n) is 2.34. The molecule has 1 aromatic heterocycles. The maximum Gasteiger partial charge on any atom is 0.160 e. The zero-order valence-electron chi connectivity index (χ0n) is 10.2. The van der Waals surface area contributed by atoms with Crippen molar-refractivity contribution in [1.82, 2.24) is 10.3 Å². The van der Waals surface area contributed by atoms with E-state index >= 15 is 0 Å². The molecule has 2 heterocycles. The molecule has 0 bridgehead atoms. The van der Waals surface area contributed by atoms with E-state index in [1.807, 2.05) is 6.07 Å². The van der Waals surface area contributed by atoms with Gasteiger partial charge in [0.2, 0.25) is 0 Å². The number of aromatic nitrogens is 2. The quantitative estimate of drug-likeness (QED) is 0.805. The number of hydrogen-bond acceptors (Lipinski definition) is 6. The van der Waals surface area contributed by atoms with Gasteiger partial charge in [-0.1, -0.05) is 0 Å². The van der Waals surface area contributed by atoms with Crippen LogP contribution in [0.25, 0.3) is 11.0 Å². The maximum absolute atomic E-state index is 5.81. The van der Waals surface area contributed by atoms with Gasteiger partial charge in [-0.05, 0) is 42.2 Å². The van der Waals surface area contributed by atoms with Gasteiger partial charge < -0.3 is 15.8 Å². The second-order valence-corrected chi connectivity index (χ2v) is 4.65. The summed E-state index contributed by atoms with van der Waals surface area (Å²) in [6.45, 7) is 2.95. The lowest BCUT2D eigenvalue weighted by molar-refractivity contribution is 0.0997. The minimum absolute atomic E-state index is 0.219. The molecule has 6 nitrogen and oxygen atoms in total. The normalized spacial score (nSPS) is 21.3. The summed E-state index contributed by atoms with van der Waals surface area (Å²) in [5.41, 5.74) is 8.52. The van der Waals surface area contributed by atoms with E-state index in [0.29, 0.717) is 16.7 Å². The summed E-state index contributed by atoms with van der Waals surface area (Å²) >= 11 is 0. The van der Waals surface area contributed by atoms with Gasteiger partial charge in [0.25, 0.3) is 0 Å². The van der Waals surface area contributed by atoms with Crippen LogP contribution in [0.3, 0.4) is 0 Å². The van der Waals surface area contributed by atoms with Crippen LogP contribution in [-0.2, 0) is 4.74 Å². The number of nitrogen functional groups attached to an aromatic ring is 1. The van der Waals surface area contributed by atoms with Gasteiger partial charge in [-0.3, -0.25) is 0 Å². The number of nitrogens with two attached hydrogens (primary N) is 1. The maximum atomic E-state index is 5.81. The Labute approximate surface area is 104 Å². The third-order valence-corrected chi connectivity index (χ3v) is 3.35. The van der Waals surface area contributed by atoms with Crippen molar-refractivity contribution in [3.63, 3.8) is 0 Å². The zero-order valence-corrected chi connectivity index (χ0v) is 10.2. The summed E-state index contributed by atoms with van der Waals surface area (Å²) in [7, 11) is 0. The molecule has 1 aliphatic rings. The molecule has 3 N–H and O–H groups in total. The van der Waals surface area contributed by atoms with Gasteiger partial charge in [0.1, 0.15) is 0 Å². The first-order chi connectivity index (χ1) is 8.75. The molecule has 96 valence electrons. The van der Waals surface area contributed by atoms with Gasteiger partial charge in [-0.2, -0.15) is 0 Å². The fourth-order valence-corrected chi connectivity index (χ4v) is 2.34. The summed E-state index contributed by atoms with van der Waals surface area (Å²) < 4.78 is 10.4. The van der Waals surface area contributed by atoms with Gasteiger partial charge in [-0.15, -0.1) is 0 Å². The van der Waals surface area contributed by atoms with Gasteiger partial charge in [0.05, 0.1) is 17.5 Å². The van der Waals surface area contributed by atoms with Crippen molar-refractivity contribution in [2.24, 2.45) is 0 Å². The molecule has 2 unspecified atom stereocenters. The Kier molecular flexibility index (Phi) is 2.79. The molecule has 1 aromatic carbocycles. The van der Waals surface area contributed by atoms with Gasteiger partial charge in [-0.25, -0.2) is 4.63 Å². The van der Waals surface area contributed by atoms with E-state index < -0.39 is 0 Å². The number of fused-ring (bicyclic) bond motifs is 1. The Morgan fingerprint density at radius 1 is 1.39 bits per heavy atom. The lowest BCUT2D eigenvalue weighted by Gasteiger charge is -2.21. The second kappa shape index (κ2) is 4.45. The number of anilines is 2. The second-order valence-electron chi connectivity index (χ2n) is 4.65. The van der Waals surface area contributed by atoms with E-state index in [0.717, 1.165) is 25.1 Å². The Bertz CT molecular complexity index is 548. The molecule has 0 aliphatic carbocycles. The standard InChI is InChI=1S/C12H16N4O2/c1-7(10-3-2-6-17-10)14-9-5-4-8(13)11-12(9)16-18-15-11/h4-5,7,10,14H,2-3,6,13H2,1H3. The average Bonchev–Trinajstić information content (AvgIpc) is 3.01. The predicted molar refractivity (Wildman–Crippen MR) is 68.3 cm³/mol. The summed E-state index contributed by atoms with van der Waals surface area (Å²) in [5.74, 6) is 0. The molecule has 0 radical (unpaired) electrons. The number of benzene rings is 1. The Hall–Kier alpha value is -1.82. The first kappa shape index (κ1) is 11.3. The lowest BCUT2D eigenvalue weighted by atomic mass is 10.1.